The summed E-state index contributed by atoms with van der Waals surface area (Å²) in [5.74, 6) is 0.529. The lowest BCUT2D eigenvalue weighted by Crippen LogP contribution is -2.30. The van der Waals surface area contributed by atoms with Gasteiger partial charge >= 0.3 is 0 Å². The highest BCUT2D eigenvalue weighted by Gasteiger charge is 2.22. The molecule has 0 amide bonds. The largest absolute Gasteiger partial charge is 0.471 e. The molecule has 1 N–H and O–H groups in total. The third kappa shape index (κ3) is 3.94. The molecule has 1 fully saturated rings. The Morgan fingerprint density at radius 2 is 1.97 bits per heavy atom. The summed E-state index contributed by atoms with van der Waals surface area (Å²) >= 11 is 0. The fourth-order valence-corrected chi connectivity index (χ4v) is 4.44. The van der Waals surface area contributed by atoms with E-state index in [-0.39, 0.29) is 6.10 Å². The van der Waals surface area contributed by atoms with Crippen molar-refractivity contribution in [2.75, 3.05) is 13.1 Å². The SMILES string of the molecule is Cc1cncc(C(C)Oc2cc(-c3nnn(C4CCNCC4)c3C)cc3ncc(C#N)n23)c1. The van der Waals surface area contributed by atoms with E-state index in [0.29, 0.717) is 23.3 Å². The summed E-state index contributed by atoms with van der Waals surface area (Å²) in [5.41, 5.74) is 5.74. The molecular weight excluding hydrogens is 416 g/mol. The van der Waals surface area contributed by atoms with Gasteiger partial charge in [0.2, 0.25) is 5.88 Å². The molecule has 168 valence electrons. The Morgan fingerprint density at radius 1 is 1.15 bits per heavy atom. The zero-order chi connectivity index (χ0) is 22.9. The predicted octanol–water partition coefficient (Wildman–Crippen LogP) is 3.54. The van der Waals surface area contributed by atoms with Gasteiger partial charge in [-0.1, -0.05) is 5.21 Å². The number of rotatable bonds is 5. The zero-order valence-electron chi connectivity index (χ0n) is 19.0. The molecule has 0 radical (unpaired) electrons. The Labute approximate surface area is 192 Å². The lowest BCUT2D eigenvalue weighted by atomic mass is 10.1. The minimum atomic E-state index is -0.267. The lowest BCUT2D eigenvalue weighted by Gasteiger charge is -2.23. The lowest BCUT2D eigenvalue weighted by molar-refractivity contribution is 0.214. The molecule has 1 aliphatic heterocycles. The second kappa shape index (κ2) is 8.64. The molecule has 1 unspecified atom stereocenters. The van der Waals surface area contributed by atoms with Crippen LogP contribution in [0, 0.1) is 25.2 Å². The second-order valence-electron chi connectivity index (χ2n) is 8.54. The first-order valence-corrected chi connectivity index (χ1v) is 11.2. The minimum Gasteiger partial charge on any atom is -0.471 e. The molecule has 0 saturated carbocycles. The van der Waals surface area contributed by atoms with E-state index in [9.17, 15) is 5.26 Å². The third-order valence-corrected chi connectivity index (χ3v) is 6.21. The maximum atomic E-state index is 9.61. The summed E-state index contributed by atoms with van der Waals surface area (Å²) in [7, 11) is 0. The molecule has 1 aliphatic rings. The van der Waals surface area contributed by atoms with E-state index < -0.39 is 0 Å². The highest BCUT2D eigenvalue weighted by atomic mass is 16.5. The molecule has 1 atom stereocenters. The number of pyridine rings is 2. The Hall–Kier alpha value is -3.77. The van der Waals surface area contributed by atoms with Crippen LogP contribution in [0.1, 0.15) is 54.4 Å². The van der Waals surface area contributed by atoms with E-state index in [1.165, 1.54) is 0 Å². The predicted molar refractivity (Wildman–Crippen MR) is 123 cm³/mol. The standard InChI is InChI=1S/C24H26N8O/c1-15-8-19(13-27-12-15)17(3)33-23-10-18(9-22-28-14-21(11-25)31(22)23)24-16(2)32(30-29-24)20-4-6-26-7-5-20/h8-10,12-14,17,20,26H,4-7H2,1-3H3. The smallest absolute Gasteiger partial charge is 0.201 e. The number of piperidine rings is 1. The second-order valence-corrected chi connectivity index (χ2v) is 8.54. The normalized spacial score (nSPS) is 15.5. The van der Waals surface area contributed by atoms with Gasteiger partial charge in [-0.2, -0.15) is 5.26 Å². The number of aromatic nitrogens is 6. The van der Waals surface area contributed by atoms with Crippen molar-refractivity contribution in [3.63, 3.8) is 0 Å². The van der Waals surface area contributed by atoms with Crippen molar-refractivity contribution >= 4 is 5.65 Å². The zero-order valence-corrected chi connectivity index (χ0v) is 19.0. The van der Waals surface area contributed by atoms with Gasteiger partial charge in [-0.05, 0) is 64.4 Å². The Morgan fingerprint density at radius 3 is 2.73 bits per heavy atom. The first-order chi connectivity index (χ1) is 16.0. The molecule has 4 aromatic rings. The van der Waals surface area contributed by atoms with Crippen molar-refractivity contribution in [1.82, 2.24) is 34.7 Å². The number of nitriles is 1. The number of imidazole rings is 1. The molecule has 0 aromatic carbocycles. The van der Waals surface area contributed by atoms with Crippen LogP contribution in [0.4, 0.5) is 0 Å². The van der Waals surface area contributed by atoms with Crippen molar-refractivity contribution < 1.29 is 4.74 Å². The van der Waals surface area contributed by atoms with Gasteiger partial charge in [-0.15, -0.1) is 5.10 Å². The first kappa shape index (κ1) is 21.1. The van der Waals surface area contributed by atoms with Crippen molar-refractivity contribution in [2.45, 2.75) is 45.8 Å². The molecular formula is C24H26N8O. The Balaban J connectivity index is 1.56. The third-order valence-electron chi connectivity index (χ3n) is 6.21. The van der Waals surface area contributed by atoms with Gasteiger partial charge in [-0.25, -0.2) is 9.67 Å². The number of hydrogen-bond acceptors (Lipinski definition) is 7. The maximum absolute atomic E-state index is 9.61. The monoisotopic (exact) mass is 442 g/mol. The van der Waals surface area contributed by atoms with Crippen molar-refractivity contribution in [3.05, 3.63) is 59.3 Å². The quantitative estimate of drug-likeness (QED) is 0.504. The van der Waals surface area contributed by atoms with Gasteiger partial charge in [0.15, 0.2) is 0 Å². The summed E-state index contributed by atoms with van der Waals surface area (Å²) in [6.45, 7) is 7.99. The van der Waals surface area contributed by atoms with Gasteiger partial charge in [0, 0.05) is 29.6 Å². The van der Waals surface area contributed by atoms with Crippen LogP contribution in [0.15, 0.2) is 36.8 Å². The van der Waals surface area contributed by atoms with Crippen LogP contribution in [-0.2, 0) is 0 Å². The molecule has 33 heavy (non-hydrogen) atoms. The topological polar surface area (TPSA) is 106 Å². The van der Waals surface area contributed by atoms with Crippen LogP contribution in [0.25, 0.3) is 16.9 Å². The van der Waals surface area contributed by atoms with E-state index in [1.54, 1.807) is 16.8 Å². The highest BCUT2D eigenvalue weighted by Crippen LogP contribution is 2.32. The molecule has 5 rings (SSSR count). The van der Waals surface area contributed by atoms with E-state index in [1.807, 2.05) is 42.9 Å². The summed E-state index contributed by atoms with van der Waals surface area (Å²) in [5, 5.41) is 22.0. The molecule has 5 heterocycles. The molecule has 0 bridgehead atoms. The fraction of sp³-hybridized carbons (Fsp3) is 0.375. The van der Waals surface area contributed by atoms with Gasteiger partial charge in [-0.3, -0.25) is 9.38 Å². The number of hydrogen-bond donors (Lipinski definition) is 1. The molecule has 1 saturated heterocycles. The number of aryl methyl sites for hydroxylation is 1. The van der Waals surface area contributed by atoms with Gasteiger partial charge in [0.25, 0.3) is 0 Å². The van der Waals surface area contributed by atoms with Crippen LogP contribution < -0.4 is 10.1 Å². The molecule has 4 aromatic heterocycles. The van der Waals surface area contributed by atoms with Crippen LogP contribution in [0.3, 0.4) is 0 Å². The maximum Gasteiger partial charge on any atom is 0.201 e. The van der Waals surface area contributed by atoms with E-state index in [2.05, 4.69) is 38.6 Å². The Kier molecular flexibility index (Phi) is 5.52. The molecule has 0 spiro atoms. The van der Waals surface area contributed by atoms with Crippen LogP contribution in [-0.4, -0.2) is 42.5 Å². The summed E-state index contributed by atoms with van der Waals surface area (Å²) in [4.78, 5) is 8.72. The average Bonchev–Trinajstić information content (AvgIpc) is 3.43. The van der Waals surface area contributed by atoms with E-state index >= 15 is 0 Å². The molecule has 9 nitrogen and oxygen atoms in total. The summed E-state index contributed by atoms with van der Waals surface area (Å²) < 4.78 is 10.1. The Bertz CT molecular complexity index is 1340. The fourth-order valence-electron chi connectivity index (χ4n) is 4.44. The van der Waals surface area contributed by atoms with Crippen LogP contribution in [0.5, 0.6) is 5.88 Å². The van der Waals surface area contributed by atoms with E-state index in [0.717, 1.165) is 54.0 Å². The van der Waals surface area contributed by atoms with Gasteiger partial charge in [0.1, 0.15) is 29.2 Å². The number of nitrogens with one attached hydrogen (secondary N) is 1. The number of ether oxygens (including phenoxy) is 1. The van der Waals surface area contributed by atoms with Crippen molar-refractivity contribution in [2.24, 2.45) is 0 Å². The highest BCUT2D eigenvalue weighted by molar-refractivity contribution is 5.68. The molecule has 0 aliphatic carbocycles. The average molecular weight is 443 g/mol. The first-order valence-electron chi connectivity index (χ1n) is 11.2. The molecule has 9 heteroatoms. The van der Waals surface area contributed by atoms with Crippen molar-refractivity contribution in [1.29, 1.82) is 5.26 Å². The summed E-state index contributed by atoms with van der Waals surface area (Å²) in [6, 6.07) is 8.44. The van der Waals surface area contributed by atoms with E-state index in [4.69, 9.17) is 4.74 Å². The van der Waals surface area contributed by atoms with Crippen LogP contribution >= 0.6 is 0 Å². The van der Waals surface area contributed by atoms with Gasteiger partial charge in [0.05, 0.1) is 17.9 Å². The van der Waals surface area contributed by atoms with Crippen LogP contribution in [0.2, 0.25) is 0 Å². The number of fused-ring (bicyclic) bond motifs is 1. The van der Waals surface area contributed by atoms with Crippen molar-refractivity contribution in [3.8, 4) is 23.2 Å². The van der Waals surface area contributed by atoms with Gasteiger partial charge < -0.3 is 10.1 Å². The minimum absolute atomic E-state index is 0.267. The number of nitrogens with zero attached hydrogens (tertiary/aromatic N) is 7. The summed E-state index contributed by atoms with van der Waals surface area (Å²) in [6.07, 6.45) is 6.97.